The van der Waals surface area contributed by atoms with Gasteiger partial charge < -0.3 is 19.4 Å². The smallest absolute Gasteiger partial charge is 0.339 e. The molecule has 2 aromatic heterocycles. The van der Waals surface area contributed by atoms with Gasteiger partial charge in [-0.15, -0.1) is 0 Å². The molecule has 7 heteroatoms. The van der Waals surface area contributed by atoms with Crippen molar-refractivity contribution >= 4 is 17.7 Å². The van der Waals surface area contributed by atoms with E-state index in [-0.39, 0.29) is 23.8 Å². The molecule has 0 bridgehead atoms. The Kier molecular flexibility index (Phi) is 5.69. The Morgan fingerprint density at radius 2 is 1.92 bits per heavy atom. The number of H-pyrrole nitrogens is 1. The number of carboxylic acid groups (broad SMARTS) is 1. The van der Waals surface area contributed by atoms with Crippen LogP contribution in [-0.4, -0.2) is 39.7 Å². The van der Waals surface area contributed by atoms with E-state index >= 15 is 0 Å². The Balaban J connectivity index is 2.31. The van der Waals surface area contributed by atoms with Gasteiger partial charge in [0, 0.05) is 18.3 Å². The third kappa shape index (κ3) is 3.71. The number of hydrogen-bond acceptors (Lipinski definition) is 4. The van der Waals surface area contributed by atoms with Crippen LogP contribution in [0, 0.1) is 13.8 Å². The molecule has 0 unspecified atom stereocenters. The van der Waals surface area contributed by atoms with Gasteiger partial charge in [0.15, 0.2) is 5.78 Å². The van der Waals surface area contributed by atoms with E-state index in [0.717, 1.165) is 12.0 Å². The Bertz CT molecular complexity index is 860. The van der Waals surface area contributed by atoms with Gasteiger partial charge >= 0.3 is 5.97 Å². The molecule has 0 saturated heterocycles. The van der Waals surface area contributed by atoms with Gasteiger partial charge in [-0.3, -0.25) is 9.59 Å². The predicted octanol–water partition coefficient (Wildman–Crippen LogP) is 3.35. The molecule has 0 radical (unpaired) electrons. The van der Waals surface area contributed by atoms with E-state index in [1.165, 1.54) is 17.9 Å². The fourth-order valence-electron chi connectivity index (χ4n) is 3.17. The zero-order chi connectivity index (χ0) is 19.6. The molecular formula is C19H24N2O5. The van der Waals surface area contributed by atoms with Crippen molar-refractivity contribution in [3.63, 3.8) is 0 Å². The summed E-state index contributed by atoms with van der Waals surface area (Å²) in [6, 6.07) is 1.43. The molecule has 0 atom stereocenters. The van der Waals surface area contributed by atoms with E-state index < -0.39 is 5.97 Å². The predicted molar refractivity (Wildman–Crippen MR) is 95.7 cm³/mol. The van der Waals surface area contributed by atoms with Crippen LogP contribution in [0.1, 0.15) is 74.3 Å². The van der Waals surface area contributed by atoms with Crippen molar-refractivity contribution in [2.24, 2.45) is 0 Å². The summed E-state index contributed by atoms with van der Waals surface area (Å²) in [5.41, 5.74) is 2.47. The summed E-state index contributed by atoms with van der Waals surface area (Å²) >= 11 is 0. The van der Waals surface area contributed by atoms with Gasteiger partial charge in [-0.2, -0.15) is 0 Å². The van der Waals surface area contributed by atoms with Gasteiger partial charge in [0.25, 0.3) is 5.91 Å². The first-order valence-corrected chi connectivity index (χ1v) is 8.47. The quantitative estimate of drug-likeness (QED) is 0.737. The van der Waals surface area contributed by atoms with Crippen molar-refractivity contribution in [3.05, 3.63) is 45.7 Å². The molecular weight excluding hydrogens is 336 g/mol. The number of hydrogen-bond donors (Lipinski definition) is 2. The maximum Gasteiger partial charge on any atom is 0.339 e. The highest BCUT2D eigenvalue weighted by Gasteiger charge is 2.25. The summed E-state index contributed by atoms with van der Waals surface area (Å²) in [6.45, 7) is 6.96. The number of carboxylic acids is 1. The number of aromatic amines is 1. The first-order chi connectivity index (χ1) is 12.2. The largest absolute Gasteiger partial charge is 0.478 e. The SMILES string of the molecule is CCCc1c(C(=O)N(C)Cc2cc(C(=O)O)c(C)o2)[nH]c(C)c1C(C)=O. The van der Waals surface area contributed by atoms with Crippen LogP contribution in [0.2, 0.25) is 0 Å². The van der Waals surface area contributed by atoms with E-state index in [9.17, 15) is 14.4 Å². The van der Waals surface area contributed by atoms with Crippen LogP contribution in [0.4, 0.5) is 0 Å². The molecule has 0 saturated carbocycles. The number of carbonyl (C=O) groups is 3. The van der Waals surface area contributed by atoms with Crippen molar-refractivity contribution in [2.75, 3.05) is 7.05 Å². The van der Waals surface area contributed by atoms with Crippen LogP contribution in [-0.2, 0) is 13.0 Å². The molecule has 0 aliphatic heterocycles. The number of carbonyl (C=O) groups excluding carboxylic acids is 2. The lowest BCUT2D eigenvalue weighted by Crippen LogP contribution is -2.27. The lowest BCUT2D eigenvalue weighted by atomic mass is 10.0. The molecule has 2 rings (SSSR count). The van der Waals surface area contributed by atoms with E-state index in [2.05, 4.69) is 4.98 Å². The van der Waals surface area contributed by atoms with Gasteiger partial charge in [0.2, 0.25) is 0 Å². The monoisotopic (exact) mass is 360 g/mol. The minimum absolute atomic E-state index is 0.0725. The Morgan fingerprint density at radius 3 is 2.42 bits per heavy atom. The van der Waals surface area contributed by atoms with Crippen molar-refractivity contribution in [3.8, 4) is 0 Å². The second-order valence-corrected chi connectivity index (χ2v) is 6.43. The highest BCUT2D eigenvalue weighted by Crippen LogP contribution is 2.23. The number of ketones is 1. The molecule has 2 aromatic rings. The van der Waals surface area contributed by atoms with Crippen molar-refractivity contribution in [1.29, 1.82) is 0 Å². The van der Waals surface area contributed by atoms with Crippen molar-refractivity contribution in [2.45, 2.75) is 47.1 Å². The summed E-state index contributed by atoms with van der Waals surface area (Å²) in [5, 5.41) is 9.10. The van der Waals surface area contributed by atoms with Gasteiger partial charge in [0.1, 0.15) is 22.8 Å². The first kappa shape index (κ1) is 19.5. The lowest BCUT2D eigenvalue weighted by molar-refractivity contribution is 0.0693. The summed E-state index contributed by atoms with van der Waals surface area (Å²) in [6.07, 6.45) is 1.43. The molecule has 0 aliphatic rings. The molecule has 1 amide bonds. The van der Waals surface area contributed by atoms with Crippen LogP contribution in [0.15, 0.2) is 10.5 Å². The lowest BCUT2D eigenvalue weighted by Gasteiger charge is -2.16. The van der Waals surface area contributed by atoms with E-state index in [4.69, 9.17) is 9.52 Å². The van der Waals surface area contributed by atoms with Gasteiger partial charge in [0.05, 0.1) is 6.54 Å². The fraction of sp³-hybridized carbons (Fsp3) is 0.421. The molecule has 7 nitrogen and oxygen atoms in total. The molecule has 0 aromatic carbocycles. The Labute approximate surface area is 152 Å². The Morgan fingerprint density at radius 1 is 1.27 bits per heavy atom. The van der Waals surface area contributed by atoms with E-state index in [1.807, 2.05) is 6.92 Å². The average Bonchev–Trinajstić information content (AvgIpc) is 3.07. The first-order valence-electron chi connectivity index (χ1n) is 8.47. The number of nitrogens with one attached hydrogen (secondary N) is 1. The van der Waals surface area contributed by atoms with E-state index in [0.29, 0.717) is 34.9 Å². The maximum absolute atomic E-state index is 12.9. The number of aromatic carboxylic acids is 1. The highest BCUT2D eigenvalue weighted by molar-refractivity contribution is 6.02. The van der Waals surface area contributed by atoms with Crippen LogP contribution >= 0.6 is 0 Å². The molecule has 0 aliphatic carbocycles. The molecule has 0 spiro atoms. The Hall–Kier alpha value is -2.83. The molecule has 2 N–H and O–H groups in total. The van der Waals surface area contributed by atoms with Crippen LogP contribution in [0.25, 0.3) is 0 Å². The van der Waals surface area contributed by atoms with Gasteiger partial charge in [-0.1, -0.05) is 13.3 Å². The zero-order valence-electron chi connectivity index (χ0n) is 15.7. The van der Waals surface area contributed by atoms with Crippen LogP contribution < -0.4 is 0 Å². The summed E-state index contributed by atoms with van der Waals surface area (Å²) in [4.78, 5) is 40.4. The maximum atomic E-state index is 12.9. The summed E-state index contributed by atoms with van der Waals surface area (Å²) in [5.74, 6) is -0.716. The number of aromatic nitrogens is 1. The third-order valence-electron chi connectivity index (χ3n) is 4.30. The number of furan rings is 1. The second-order valence-electron chi connectivity index (χ2n) is 6.43. The molecule has 2 heterocycles. The zero-order valence-corrected chi connectivity index (χ0v) is 15.7. The number of rotatable bonds is 7. The highest BCUT2D eigenvalue weighted by atomic mass is 16.4. The molecule has 140 valence electrons. The topological polar surface area (TPSA) is 104 Å². The van der Waals surface area contributed by atoms with Crippen molar-refractivity contribution in [1.82, 2.24) is 9.88 Å². The minimum atomic E-state index is -1.07. The average molecular weight is 360 g/mol. The minimum Gasteiger partial charge on any atom is -0.478 e. The standard InChI is InChI=1S/C19H24N2O5/c1-6-7-14-16(11(3)22)10(2)20-17(14)18(23)21(5)9-13-8-15(19(24)25)12(4)26-13/h8,20H,6-7,9H2,1-5H3,(H,24,25). The van der Waals surface area contributed by atoms with Crippen molar-refractivity contribution < 1.29 is 23.9 Å². The number of nitrogens with zero attached hydrogens (tertiary/aromatic N) is 1. The fourth-order valence-corrected chi connectivity index (χ4v) is 3.17. The van der Waals surface area contributed by atoms with Crippen LogP contribution in [0.5, 0.6) is 0 Å². The van der Waals surface area contributed by atoms with Gasteiger partial charge in [-0.05, 0) is 38.8 Å². The number of amides is 1. The van der Waals surface area contributed by atoms with E-state index in [1.54, 1.807) is 20.9 Å². The third-order valence-corrected chi connectivity index (χ3v) is 4.30. The normalized spacial score (nSPS) is 10.8. The summed E-state index contributed by atoms with van der Waals surface area (Å²) < 4.78 is 5.44. The summed E-state index contributed by atoms with van der Waals surface area (Å²) in [7, 11) is 1.61. The number of aryl methyl sites for hydroxylation is 2. The van der Waals surface area contributed by atoms with Crippen LogP contribution in [0.3, 0.4) is 0 Å². The molecule has 0 fully saturated rings. The number of Topliss-reactive ketones (excluding diaryl/α,β-unsaturated/α-hetero) is 1. The van der Waals surface area contributed by atoms with Gasteiger partial charge in [-0.25, -0.2) is 4.79 Å². The second kappa shape index (κ2) is 7.59. The molecule has 26 heavy (non-hydrogen) atoms.